The summed E-state index contributed by atoms with van der Waals surface area (Å²) in [4.78, 5) is 15.5. The van der Waals surface area contributed by atoms with Crippen molar-refractivity contribution in [3.8, 4) is 11.4 Å². The number of rotatable bonds is 2. The molecule has 1 N–H and O–H groups in total. The molecule has 0 amide bonds. The van der Waals surface area contributed by atoms with Crippen molar-refractivity contribution in [3.05, 3.63) is 46.4 Å². The highest BCUT2D eigenvalue weighted by molar-refractivity contribution is 6.33. The van der Waals surface area contributed by atoms with Gasteiger partial charge in [-0.3, -0.25) is 9.38 Å². The molecule has 0 saturated heterocycles. The van der Waals surface area contributed by atoms with E-state index in [0.717, 1.165) is 17.0 Å². The SMILES string of the molecule is Cc1ccc(-c2nnc3c(Cl)cc(C(=O)O)cn23)c(C)n1. The largest absolute Gasteiger partial charge is 0.478 e. The number of pyridine rings is 2. The molecule has 3 aromatic heterocycles. The van der Waals surface area contributed by atoms with Crippen LogP contribution in [0.25, 0.3) is 17.0 Å². The van der Waals surface area contributed by atoms with E-state index in [-0.39, 0.29) is 10.6 Å². The zero-order chi connectivity index (χ0) is 15.1. The van der Waals surface area contributed by atoms with Crippen LogP contribution >= 0.6 is 11.6 Å². The Kier molecular flexibility index (Phi) is 3.10. The van der Waals surface area contributed by atoms with E-state index in [1.165, 1.54) is 12.3 Å². The summed E-state index contributed by atoms with van der Waals surface area (Å²) in [6, 6.07) is 5.11. The molecule has 0 aliphatic heterocycles. The van der Waals surface area contributed by atoms with Crippen LogP contribution in [0.2, 0.25) is 5.02 Å². The highest BCUT2D eigenvalue weighted by Gasteiger charge is 2.16. The first kappa shape index (κ1) is 13.5. The van der Waals surface area contributed by atoms with E-state index >= 15 is 0 Å². The fourth-order valence-electron chi connectivity index (χ4n) is 2.18. The Morgan fingerprint density at radius 2 is 2.05 bits per heavy atom. The molecule has 6 nitrogen and oxygen atoms in total. The number of hydrogen-bond acceptors (Lipinski definition) is 4. The molecule has 3 heterocycles. The van der Waals surface area contributed by atoms with Crippen molar-refractivity contribution in [1.29, 1.82) is 0 Å². The normalized spacial score (nSPS) is 11.0. The third-order valence-corrected chi connectivity index (χ3v) is 3.45. The molecule has 0 aromatic carbocycles. The van der Waals surface area contributed by atoms with Crippen LogP contribution in [-0.2, 0) is 0 Å². The van der Waals surface area contributed by atoms with E-state index in [1.54, 1.807) is 4.40 Å². The van der Waals surface area contributed by atoms with Crippen LogP contribution in [0.4, 0.5) is 0 Å². The fourth-order valence-corrected chi connectivity index (χ4v) is 2.42. The number of hydrogen-bond donors (Lipinski definition) is 1. The minimum absolute atomic E-state index is 0.0753. The minimum atomic E-state index is -1.06. The van der Waals surface area contributed by atoms with Crippen molar-refractivity contribution in [1.82, 2.24) is 19.6 Å². The molecule has 0 fully saturated rings. The lowest BCUT2D eigenvalue weighted by Gasteiger charge is -2.06. The lowest BCUT2D eigenvalue weighted by Crippen LogP contribution is -2.01. The van der Waals surface area contributed by atoms with Gasteiger partial charge in [0.2, 0.25) is 0 Å². The molecule has 0 spiro atoms. The average molecular weight is 303 g/mol. The summed E-state index contributed by atoms with van der Waals surface area (Å²) in [6.45, 7) is 3.77. The second-order valence-electron chi connectivity index (χ2n) is 4.68. The third-order valence-electron chi connectivity index (χ3n) is 3.17. The first-order valence-electron chi connectivity index (χ1n) is 6.19. The van der Waals surface area contributed by atoms with Gasteiger partial charge in [-0.15, -0.1) is 10.2 Å². The first-order chi connectivity index (χ1) is 9.97. The number of halogens is 1. The molecule has 0 saturated carbocycles. The van der Waals surface area contributed by atoms with Crippen molar-refractivity contribution < 1.29 is 9.90 Å². The Hall–Kier alpha value is -2.47. The summed E-state index contributed by atoms with van der Waals surface area (Å²) >= 11 is 6.07. The molecular weight excluding hydrogens is 292 g/mol. The predicted octanol–water partition coefficient (Wildman–Crippen LogP) is 2.76. The van der Waals surface area contributed by atoms with Gasteiger partial charge in [-0.25, -0.2) is 4.79 Å². The summed E-state index contributed by atoms with van der Waals surface area (Å²) < 4.78 is 1.57. The highest BCUT2D eigenvalue weighted by atomic mass is 35.5. The molecule has 0 bridgehead atoms. The molecule has 3 aromatic rings. The monoisotopic (exact) mass is 302 g/mol. The molecular formula is C14H11ClN4O2. The van der Waals surface area contributed by atoms with Gasteiger partial charge in [0.05, 0.1) is 10.6 Å². The van der Waals surface area contributed by atoms with E-state index in [9.17, 15) is 4.79 Å². The molecule has 3 rings (SSSR count). The number of nitrogens with zero attached hydrogens (tertiary/aromatic N) is 4. The maximum atomic E-state index is 11.2. The Morgan fingerprint density at radius 3 is 2.71 bits per heavy atom. The predicted molar refractivity (Wildman–Crippen MR) is 77.7 cm³/mol. The molecule has 21 heavy (non-hydrogen) atoms. The summed E-state index contributed by atoms with van der Waals surface area (Å²) in [5.41, 5.74) is 2.96. The minimum Gasteiger partial charge on any atom is -0.478 e. The summed E-state index contributed by atoms with van der Waals surface area (Å²) in [6.07, 6.45) is 1.46. The Balaban J connectivity index is 2.30. The van der Waals surface area contributed by atoms with Crippen LogP contribution in [-0.4, -0.2) is 30.7 Å². The number of carboxylic acids is 1. The van der Waals surface area contributed by atoms with Crippen molar-refractivity contribution in [3.63, 3.8) is 0 Å². The van der Waals surface area contributed by atoms with Gasteiger partial charge in [0.1, 0.15) is 0 Å². The maximum Gasteiger partial charge on any atom is 0.337 e. The summed E-state index contributed by atoms with van der Waals surface area (Å²) in [5, 5.41) is 17.5. The average Bonchev–Trinajstić information content (AvgIpc) is 2.83. The van der Waals surface area contributed by atoms with E-state index in [1.807, 2.05) is 26.0 Å². The van der Waals surface area contributed by atoms with E-state index < -0.39 is 5.97 Å². The van der Waals surface area contributed by atoms with Crippen LogP contribution in [0.15, 0.2) is 24.4 Å². The number of fused-ring (bicyclic) bond motifs is 1. The van der Waals surface area contributed by atoms with E-state index in [4.69, 9.17) is 16.7 Å². The summed E-state index contributed by atoms with van der Waals surface area (Å²) in [5.74, 6) is -0.544. The van der Waals surface area contributed by atoms with E-state index in [0.29, 0.717) is 11.5 Å². The van der Waals surface area contributed by atoms with Gasteiger partial charge >= 0.3 is 5.97 Å². The van der Waals surface area contributed by atoms with Crippen molar-refractivity contribution in [2.24, 2.45) is 0 Å². The Labute approximate surface area is 125 Å². The number of carbonyl (C=O) groups is 1. The molecule has 106 valence electrons. The lowest BCUT2D eigenvalue weighted by atomic mass is 10.1. The molecule has 0 atom stereocenters. The van der Waals surface area contributed by atoms with E-state index in [2.05, 4.69) is 15.2 Å². The smallest absolute Gasteiger partial charge is 0.337 e. The number of aryl methyl sites for hydroxylation is 2. The second kappa shape index (κ2) is 4.82. The van der Waals surface area contributed by atoms with Gasteiger partial charge in [0.25, 0.3) is 0 Å². The van der Waals surface area contributed by atoms with Crippen LogP contribution in [0.5, 0.6) is 0 Å². The van der Waals surface area contributed by atoms with Gasteiger partial charge in [-0.2, -0.15) is 0 Å². The molecule has 7 heteroatoms. The van der Waals surface area contributed by atoms with Crippen LogP contribution in [0, 0.1) is 13.8 Å². The van der Waals surface area contributed by atoms with Crippen LogP contribution < -0.4 is 0 Å². The Bertz CT molecular complexity index is 873. The van der Waals surface area contributed by atoms with Gasteiger partial charge in [-0.05, 0) is 32.0 Å². The van der Waals surface area contributed by atoms with Crippen LogP contribution in [0.1, 0.15) is 21.7 Å². The Morgan fingerprint density at radius 1 is 1.29 bits per heavy atom. The molecule has 0 radical (unpaired) electrons. The molecule has 0 aliphatic carbocycles. The highest BCUT2D eigenvalue weighted by Crippen LogP contribution is 2.25. The van der Waals surface area contributed by atoms with Crippen LogP contribution in [0.3, 0.4) is 0 Å². The maximum absolute atomic E-state index is 11.2. The number of aromatic carboxylic acids is 1. The fraction of sp³-hybridized carbons (Fsp3) is 0.143. The quantitative estimate of drug-likeness (QED) is 0.787. The van der Waals surface area contributed by atoms with Crippen molar-refractivity contribution >= 4 is 23.2 Å². The molecule has 0 unspecified atom stereocenters. The van der Waals surface area contributed by atoms with Gasteiger partial charge in [0.15, 0.2) is 11.5 Å². The van der Waals surface area contributed by atoms with Gasteiger partial charge < -0.3 is 5.11 Å². The third kappa shape index (κ3) is 2.23. The number of aromatic nitrogens is 4. The zero-order valence-electron chi connectivity index (χ0n) is 11.3. The van der Waals surface area contributed by atoms with Crippen molar-refractivity contribution in [2.45, 2.75) is 13.8 Å². The zero-order valence-corrected chi connectivity index (χ0v) is 12.1. The second-order valence-corrected chi connectivity index (χ2v) is 5.09. The first-order valence-corrected chi connectivity index (χ1v) is 6.57. The summed E-state index contributed by atoms with van der Waals surface area (Å²) in [7, 11) is 0. The molecule has 0 aliphatic rings. The van der Waals surface area contributed by atoms with Gasteiger partial charge in [0, 0.05) is 23.1 Å². The standard InChI is InChI=1S/C14H11ClN4O2/c1-7-3-4-10(8(2)16-7)12-17-18-13-11(15)5-9(14(20)21)6-19(12)13/h3-6H,1-2H3,(H,20,21). The topological polar surface area (TPSA) is 80.4 Å². The van der Waals surface area contributed by atoms with Gasteiger partial charge in [-0.1, -0.05) is 11.6 Å². The lowest BCUT2D eigenvalue weighted by molar-refractivity contribution is 0.0696. The van der Waals surface area contributed by atoms with Crippen molar-refractivity contribution in [2.75, 3.05) is 0 Å². The number of carboxylic acid groups (broad SMARTS) is 1.